The third-order valence-electron chi connectivity index (χ3n) is 4.85. The second kappa shape index (κ2) is 9.82. The molecule has 28 heavy (non-hydrogen) atoms. The number of carbonyl (C=O) groups excluding carboxylic acids is 1. The van der Waals surface area contributed by atoms with E-state index in [9.17, 15) is 4.79 Å². The highest BCUT2D eigenvalue weighted by Gasteiger charge is 2.34. The van der Waals surface area contributed by atoms with Gasteiger partial charge < -0.3 is 20.1 Å². The lowest BCUT2D eigenvalue weighted by Crippen LogP contribution is -2.28. The lowest BCUT2D eigenvalue weighted by molar-refractivity contribution is -0.119. The molecule has 2 heterocycles. The van der Waals surface area contributed by atoms with Crippen molar-refractivity contribution in [3.05, 3.63) is 47.8 Å². The number of ether oxygens (including phenoxy) is 2. The van der Waals surface area contributed by atoms with E-state index in [1.807, 2.05) is 57.6 Å². The van der Waals surface area contributed by atoms with Crippen molar-refractivity contribution in [1.29, 1.82) is 0 Å². The highest BCUT2D eigenvalue weighted by Crippen LogP contribution is 2.29. The molecule has 7 nitrogen and oxygen atoms in total. The van der Waals surface area contributed by atoms with E-state index in [2.05, 4.69) is 15.7 Å². The molecule has 1 aromatic heterocycles. The van der Waals surface area contributed by atoms with Gasteiger partial charge in [-0.3, -0.25) is 9.48 Å². The number of aryl methyl sites for hydroxylation is 1. The summed E-state index contributed by atoms with van der Waals surface area (Å²) < 4.78 is 12.9. The molecule has 2 atom stereocenters. The average molecular weight is 386 g/mol. The lowest BCUT2D eigenvalue weighted by Gasteiger charge is -2.17. The summed E-state index contributed by atoms with van der Waals surface area (Å²) in [6, 6.07) is 7.80. The number of nitrogens with one attached hydrogen (secondary N) is 2. The fourth-order valence-corrected chi connectivity index (χ4v) is 3.44. The highest BCUT2D eigenvalue weighted by molar-refractivity contribution is 5.93. The minimum Gasteiger partial charge on any atom is -0.376 e. The molecule has 1 amide bonds. The number of aromatic nitrogens is 2. The van der Waals surface area contributed by atoms with E-state index >= 15 is 0 Å². The van der Waals surface area contributed by atoms with Gasteiger partial charge in [-0.25, -0.2) is 0 Å². The number of amides is 1. The standard InChI is InChI=1S/C21H30N4O3/c1-15(2)28-8-7-27-14-16-5-4-6-18(9-16)24-21(26)20-12-22-11-19(20)17-10-23-25(3)13-17/h4-6,9-10,13,15,19-20,22H,7-8,11-12,14H2,1-3H3,(H,24,26)/t19-,20+/m1/s1. The summed E-state index contributed by atoms with van der Waals surface area (Å²) in [6.07, 6.45) is 4.04. The Hall–Kier alpha value is -2.22. The summed E-state index contributed by atoms with van der Waals surface area (Å²) >= 11 is 0. The molecule has 0 saturated carbocycles. The van der Waals surface area contributed by atoms with E-state index in [0.717, 1.165) is 23.4 Å². The smallest absolute Gasteiger partial charge is 0.229 e. The molecule has 0 aliphatic carbocycles. The largest absolute Gasteiger partial charge is 0.376 e. The van der Waals surface area contributed by atoms with Crippen LogP contribution in [0, 0.1) is 5.92 Å². The van der Waals surface area contributed by atoms with E-state index in [1.54, 1.807) is 4.68 Å². The van der Waals surface area contributed by atoms with E-state index in [4.69, 9.17) is 9.47 Å². The van der Waals surface area contributed by atoms with Crippen LogP contribution in [0.3, 0.4) is 0 Å². The Labute approximate surface area is 166 Å². The van der Waals surface area contributed by atoms with Crippen molar-refractivity contribution in [2.24, 2.45) is 13.0 Å². The van der Waals surface area contributed by atoms with Crippen LogP contribution in [-0.2, 0) is 27.9 Å². The first-order valence-corrected chi connectivity index (χ1v) is 9.81. The minimum atomic E-state index is -0.114. The molecule has 1 saturated heterocycles. The Morgan fingerprint density at radius 3 is 2.96 bits per heavy atom. The summed E-state index contributed by atoms with van der Waals surface area (Å²) in [5.41, 5.74) is 2.91. The molecule has 152 valence electrons. The van der Waals surface area contributed by atoms with Gasteiger partial charge in [0.1, 0.15) is 0 Å². The van der Waals surface area contributed by atoms with E-state index in [0.29, 0.717) is 26.4 Å². The van der Waals surface area contributed by atoms with Crippen LogP contribution in [0.1, 0.15) is 30.9 Å². The van der Waals surface area contributed by atoms with Crippen molar-refractivity contribution in [3.8, 4) is 0 Å². The fraction of sp³-hybridized carbons (Fsp3) is 0.524. The number of nitrogens with zero attached hydrogens (tertiary/aromatic N) is 2. The van der Waals surface area contributed by atoms with Gasteiger partial charge in [-0.05, 0) is 37.1 Å². The normalized spacial score (nSPS) is 19.3. The molecule has 1 aromatic carbocycles. The number of carbonyl (C=O) groups is 1. The summed E-state index contributed by atoms with van der Waals surface area (Å²) in [6.45, 7) is 7.10. The van der Waals surface area contributed by atoms with Crippen molar-refractivity contribution in [2.45, 2.75) is 32.5 Å². The van der Waals surface area contributed by atoms with Gasteiger partial charge in [-0.15, -0.1) is 0 Å². The van der Waals surface area contributed by atoms with Crippen LogP contribution in [0.2, 0.25) is 0 Å². The maximum Gasteiger partial charge on any atom is 0.229 e. The Balaban J connectivity index is 1.53. The van der Waals surface area contributed by atoms with Gasteiger partial charge in [-0.1, -0.05) is 12.1 Å². The van der Waals surface area contributed by atoms with Gasteiger partial charge in [0.05, 0.1) is 38.0 Å². The highest BCUT2D eigenvalue weighted by atomic mass is 16.5. The number of rotatable bonds is 9. The molecule has 3 rings (SSSR count). The number of hydrogen-bond donors (Lipinski definition) is 2. The predicted molar refractivity (Wildman–Crippen MR) is 108 cm³/mol. The van der Waals surface area contributed by atoms with Gasteiger partial charge >= 0.3 is 0 Å². The van der Waals surface area contributed by atoms with Crippen LogP contribution < -0.4 is 10.6 Å². The topological polar surface area (TPSA) is 77.4 Å². The first kappa shape index (κ1) is 20.5. The fourth-order valence-electron chi connectivity index (χ4n) is 3.44. The van der Waals surface area contributed by atoms with Gasteiger partial charge in [0.2, 0.25) is 5.91 Å². The Bertz CT molecular complexity index is 775. The first-order chi connectivity index (χ1) is 13.5. The molecule has 1 aliphatic heterocycles. The molecule has 2 N–H and O–H groups in total. The second-order valence-electron chi connectivity index (χ2n) is 7.48. The van der Waals surface area contributed by atoms with Crippen LogP contribution >= 0.6 is 0 Å². The average Bonchev–Trinajstić information content (AvgIpc) is 3.30. The van der Waals surface area contributed by atoms with Crippen LogP contribution in [0.5, 0.6) is 0 Å². The van der Waals surface area contributed by atoms with Crippen molar-refractivity contribution in [3.63, 3.8) is 0 Å². The number of benzene rings is 1. The molecule has 7 heteroatoms. The van der Waals surface area contributed by atoms with Gasteiger partial charge in [0.25, 0.3) is 0 Å². The molecule has 1 aliphatic rings. The maximum absolute atomic E-state index is 12.9. The monoisotopic (exact) mass is 386 g/mol. The lowest BCUT2D eigenvalue weighted by atomic mass is 9.90. The van der Waals surface area contributed by atoms with Crippen LogP contribution in [0.25, 0.3) is 0 Å². The zero-order valence-corrected chi connectivity index (χ0v) is 16.9. The van der Waals surface area contributed by atoms with Crippen LogP contribution in [0.15, 0.2) is 36.7 Å². The van der Waals surface area contributed by atoms with E-state index in [1.165, 1.54) is 0 Å². The summed E-state index contributed by atoms with van der Waals surface area (Å²) in [7, 11) is 1.89. The molecular formula is C21H30N4O3. The first-order valence-electron chi connectivity index (χ1n) is 9.81. The number of hydrogen-bond acceptors (Lipinski definition) is 5. The van der Waals surface area contributed by atoms with Crippen molar-refractivity contribution in [2.75, 3.05) is 31.6 Å². The zero-order chi connectivity index (χ0) is 19.9. The maximum atomic E-state index is 12.9. The summed E-state index contributed by atoms with van der Waals surface area (Å²) in [5.74, 6) is 0.0562. The van der Waals surface area contributed by atoms with Gasteiger partial charge in [-0.2, -0.15) is 5.10 Å². The van der Waals surface area contributed by atoms with Gasteiger partial charge in [0.15, 0.2) is 0 Å². The van der Waals surface area contributed by atoms with Crippen molar-refractivity contribution in [1.82, 2.24) is 15.1 Å². The third kappa shape index (κ3) is 5.64. The van der Waals surface area contributed by atoms with Gasteiger partial charge in [0, 0.05) is 37.9 Å². The second-order valence-corrected chi connectivity index (χ2v) is 7.48. The molecule has 0 spiro atoms. The Morgan fingerprint density at radius 1 is 1.36 bits per heavy atom. The van der Waals surface area contributed by atoms with Crippen molar-refractivity contribution >= 4 is 11.6 Å². The summed E-state index contributed by atoms with van der Waals surface area (Å²) in [5, 5.41) is 10.6. The zero-order valence-electron chi connectivity index (χ0n) is 16.9. The SMILES string of the molecule is CC(C)OCCOCc1cccc(NC(=O)[C@H]2CNC[C@@H]2c2cnn(C)c2)c1. The Morgan fingerprint density at radius 2 is 2.21 bits per heavy atom. The molecule has 0 bridgehead atoms. The molecular weight excluding hydrogens is 356 g/mol. The summed E-state index contributed by atoms with van der Waals surface area (Å²) in [4.78, 5) is 12.9. The quantitative estimate of drug-likeness (QED) is 0.647. The minimum absolute atomic E-state index is 0.0299. The number of anilines is 1. The van der Waals surface area contributed by atoms with Crippen molar-refractivity contribution < 1.29 is 14.3 Å². The van der Waals surface area contributed by atoms with E-state index in [-0.39, 0.29) is 23.8 Å². The molecule has 2 aromatic rings. The predicted octanol–water partition coefficient (Wildman–Crippen LogP) is 2.30. The van der Waals surface area contributed by atoms with Crippen LogP contribution in [0.4, 0.5) is 5.69 Å². The third-order valence-corrected chi connectivity index (χ3v) is 4.85. The molecule has 0 unspecified atom stereocenters. The van der Waals surface area contributed by atoms with E-state index < -0.39 is 0 Å². The molecule has 1 fully saturated rings. The molecule has 0 radical (unpaired) electrons. The van der Waals surface area contributed by atoms with Crippen LogP contribution in [-0.4, -0.2) is 48.1 Å². The Kier molecular flexibility index (Phi) is 7.19.